The summed E-state index contributed by atoms with van der Waals surface area (Å²) in [6, 6.07) is 0. The van der Waals surface area contributed by atoms with Gasteiger partial charge >= 0.3 is 0 Å². The van der Waals surface area contributed by atoms with Crippen LogP contribution in [0.5, 0.6) is 0 Å². The minimum Gasteiger partial charge on any atom is -0.370 e. The second-order valence-corrected chi connectivity index (χ2v) is 3.93. The van der Waals surface area contributed by atoms with Crippen LogP contribution in [-0.4, -0.2) is 24.4 Å². The Morgan fingerprint density at radius 2 is 1.09 bits per heavy atom. The van der Waals surface area contributed by atoms with Crippen LogP contribution in [0, 0.1) is 0 Å². The van der Waals surface area contributed by atoms with Crippen molar-refractivity contribution in [2.75, 3.05) is 0 Å². The number of epoxide rings is 2. The average Bonchev–Trinajstić information content (AvgIpc) is 2.85. The lowest BCUT2D eigenvalue weighted by atomic mass is 10.1. The highest BCUT2D eigenvalue weighted by Gasteiger charge is 2.45. The summed E-state index contributed by atoms with van der Waals surface area (Å²) in [6.45, 7) is 0. The Kier molecular flexibility index (Phi) is 1.29. The molecule has 3 fully saturated rings. The van der Waals surface area contributed by atoms with Crippen LogP contribution in [0.4, 0.5) is 0 Å². The summed E-state index contributed by atoms with van der Waals surface area (Å²) in [4.78, 5) is 0. The van der Waals surface area contributed by atoms with E-state index in [0.717, 1.165) is 0 Å². The van der Waals surface area contributed by atoms with E-state index in [-0.39, 0.29) is 0 Å². The van der Waals surface area contributed by atoms with E-state index in [2.05, 4.69) is 0 Å². The van der Waals surface area contributed by atoms with Crippen molar-refractivity contribution >= 4 is 0 Å². The van der Waals surface area contributed by atoms with Crippen molar-refractivity contribution in [3.05, 3.63) is 0 Å². The van der Waals surface area contributed by atoms with Gasteiger partial charge in [0, 0.05) is 0 Å². The molecule has 0 aromatic heterocycles. The summed E-state index contributed by atoms with van der Waals surface area (Å²) in [5.74, 6) is 0. The molecule has 62 valence electrons. The van der Waals surface area contributed by atoms with Gasteiger partial charge < -0.3 is 9.47 Å². The minimum atomic E-state index is 0.609. The average molecular weight is 154 g/mol. The van der Waals surface area contributed by atoms with E-state index >= 15 is 0 Å². The van der Waals surface area contributed by atoms with Gasteiger partial charge in [-0.1, -0.05) is 0 Å². The third kappa shape index (κ3) is 1.18. The smallest absolute Gasteiger partial charge is 0.0842 e. The van der Waals surface area contributed by atoms with Crippen molar-refractivity contribution in [3.8, 4) is 0 Å². The van der Waals surface area contributed by atoms with Gasteiger partial charge in [0.05, 0.1) is 24.4 Å². The molecule has 2 unspecified atom stereocenters. The molecule has 2 aliphatic heterocycles. The summed E-state index contributed by atoms with van der Waals surface area (Å²) >= 11 is 0. The lowest BCUT2D eigenvalue weighted by molar-refractivity contribution is 0.339. The molecule has 0 bridgehead atoms. The van der Waals surface area contributed by atoms with Crippen molar-refractivity contribution in [1.82, 2.24) is 0 Å². The molecule has 3 rings (SSSR count). The van der Waals surface area contributed by atoms with Crippen LogP contribution in [0.25, 0.3) is 0 Å². The first-order valence-electron chi connectivity index (χ1n) is 4.74. The molecule has 1 aliphatic carbocycles. The van der Waals surface area contributed by atoms with E-state index in [0.29, 0.717) is 24.4 Å². The Morgan fingerprint density at radius 1 is 0.636 bits per heavy atom. The monoisotopic (exact) mass is 154 g/mol. The highest BCUT2D eigenvalue weighted by molar-refractivity contribution is 4.93. The molecule has 2 saturated heterocycles. The van der Waals surface area contributed by atoms with E-state index in [4.69, 9.17) is 9.47 Å². The Balaban J connectivity index is 1.62. The van der Waals surface area contributed by atoms with Crippen LogP contribution in [0.15, 0.2) is 0 Å². The fraction of sp³-hybridized carbons (Fsp3) is 1.00. The first-order valence-corrected chi connectivity index (χ1v) is 4.74. The van der Waals surface area contributed by atoms with E-state index in [1.807, 2.05) is 0 Å². The fourth-order valence-corrected chi connectivity index (χ4v) is 2.22. The van der Waals surface area contributed by atoms with E-state index in [1.165, 1.54) is 32.1 Å². The van der Waals surface area contributed by atoms with Crippen molar-refractivity contribution in [2.24, 2.45) is 0 Å². The third-order valence-electron chi connectivity index (χ3n) is 3.09. The molecule has 11 heavy (non-hydrogen) atoms. The molecule has 4 atom stereocenters. The summed E-state index contributed by atoms with van der Waals surface area (Å²) < 4.78 is 11.0. The van der Waals surface area contributed by atoms with Crippen molar-refractivity contribution in [1.29, 1.82) is 0 Å². The molecule has 0 aromatic rings. The highest BCUT2D eigenvalue weighted by atomic mass is 16.6. The van der Waals surface area contributed by atoms with Gasteiger partial charge in [0.2, 0.25) is 0 Å². The van der Waals surface area contributed by atoms with Crippen LogP contribution < -0.4 is 0 Å². The summed E-state index contributed by atoms with van der Waals surface area (Å²) in [5.41, 5.74) is 0. The quantitative estimate of drug-likeness (QED) is 0.494. The van der Waals surface area contributed by atoms with Gasteiger partial charge in [0.1, 0.15) is 0 Å². The molecular weight excluding hydrogens is 140 g/mol. The predicted octanol–water partition coefficient (Wildman–Crippen LogP) is 1.49. The lowest BCUT2D eigenvalue weighted by Crippen LogP contribution is -1.95. The fourth-order valence-electron chi connectivity index (χ4n) is 2.22. The van der Waals surface area contributed by atoms with Crippen molar-refractivity contribution in [3.63, 3.8) is 0 Å². The number of fused-ring (bicyclic) bond motifs is 2. The zero-order valence-corrected chi connectivity index (χ0v) is 6.66. The van der Waals surface area contributed by atoms with Crippen LogP contribution in [0.1, 0.15) is 32.1 Å². The van der Waals surface area contributed by atoms with E-state index < -0.39 is 0 Å². The maximum Gasteiger partial charge on any atom is 0.0842 e. The van der Waals surface area contributed by atoms with Gasteiger partial charge in [0.25, 0.3) is 0 Å². The molecule has 0 N–H and O–H groups in total. The predicted molar refractivity (Wildman–Crippen MR) is 40.4 cm³/mol. The number of hydrogen-bond donors (Lipinski definition) is 0. The van der Waals surface area contributed by atoms with Gasteiger partial charge in [-0.05, 0) is 32.1 Å². The molecular formula is C9H14O2. The second kappa shape index (κ2) is 2.20. The highest BCUT2D eigenvalue weighted by Crippen LogP contribution is 2.39. The van der Waals surface area contributed by atoms with Gasteiger partial charge in [-0.25, -0.2) is 0 Å². The van der Waals surface area contributed by atoms with E-state index in [1.54, 1.807) is 0 Å². The number of hydrogen-bond acceptors (Lipinski definition) is 2. The molecule has 0 spiro atoms. The van der Waals surface area contributed by atoms with Crippen LogP contribution in [0.3, 0.4) is 0 Å². The number of rotatable bonds is 0. The molecule has 1 saturated carbocycles. The van der Waals surface area contributed by atoms with Gasteiger partial charge in [0.15, 0.2) is 0 Å². The van der Waals surface area contributed by atoms with Crippen molar-refractivity contribution in [2.45, 2.75) is 56.5 Å². The largest absolute Gasteiger partial charge is 0.370 e. The van der Waals surface area contributed by atoms with E-state index in [9.17, 15) is 0 Å². The lowest BCUT2D eigenvalue weighted by Gasteiger charge is -1.91. The Bertz CT molecular complexity index is 151. The zero-order chi connectivity index (χ0) is 7.26. The summed E-state index contributed by atoms with van der Waals surface area (Å²) in [7, 11) is 0. The molecule has 2 nitrogen and oxygen atoms in total. The molecule has 3 aliphatic rings. The Labute approximate surface area is 66.9 Å². The SMILES string of the molecule is C1CC2O[C@H]2CC[C@@H]2OC2C1. The van der Waals surface area contributed by atoms with Crippen LogP contribution in [0.2, 0.25) is 0 Å². The zero-order valence-electron chi connectivity index (χ0n) is 6.66. The maximum atomic E-state index is 5.50. The Morgan fingerprint density at radius 3 is 1.64 bits per heavy atom. The second-order valence-electron chi connectivity index (χ2n) is 3.93. The maximum absolute atomic E-state index is 5.50. The molecule has 2 heterocycles. The molecule has 0 radical (unpaired) electrons. The van der Waals surface area contributed by atoms with Gasteiger partial charge in [-0.3, -0.25) is 0 Å². The van der Waals surface area contributed by atoms with Crippen molar-refractivity contribution < 1.29 is 9.47 Å². The number of ether oxygens (including phenoxy) is 2. The van der Waals surface area contributed by atoms with Gasteiger partial charge in [-0.15, -0.1) is 0 Å². The minimum absolute atomic E-state index is 0.609. The first kappa shape index (κ1) is 6.44. The van der Waals surface area contributed by atoms with Crippen LogP contribution in [-0.2, 0) is 9.47 Å². The topological polar surface area (TPSA) is 25.1 Å². The summed E-state index contributed by atoms with van der Waals surface area (Å²) in [6.07, 6.45) is 8.82. The third-order valence-corrected chi connectivity index (χ3v) is 3.09. The molecule has 0 aromatic carbocycles. The molecule has 0 amide bonds. The molecule has 2 heteroatoms. The summed E-state index contributed by atoms with van der Waals surface area (Å²) in [5, 5.41) is 0. The van der Waals surface area contributed by atoms with Crippen LogP contribution >= 0.6 is 0 Å². The Hall–Kier alpha value is -0.0800. The normalized spacial score (nSPS) is 54.5. The standard InChI is InChI=1S/C9H14O2/c1-2-6-8(10-6)4-5-9-7(3-1)11-9/h6-9H,1-5H2/t6?,7?,8-,9-/m0/s1. The van der Waals surface area contributed by atoms with Gasteiger partial charge in [-0.2, -0.15) is 0 Å². The first-order chi connectivity index (χ1) is 5.43.